The maximum Gasteiger partial charge on any atom is 0.344 e. The standard InChI is InChI=1S/C17H20N2O6/c1-4-24-13(20)9-25-12-7-5-11(6-8-12)15-14(16(21)23-3)10(2)18-17(22)19-15/h5-8,15H,4,9H2,1-3H3,(H2,18,19,22)/t15-/m0/s1. The molecule has 1 aromatic carbocycles. The van der Waals surface area contributed by atoms with Gasteiger partial charge in [-0.05, 0) is 31.5 Å². The van der Waals surface area contributed by atoms with Crippen LogP contribution in [0.2, 0.25) is 0 Å². The number of rotatable bonds is 6. The average molecular weight is 348 g/mol. The highest BCUT2D eigenvalue weighted by atomic mass is 16.6. The first-order valence-corrected chi connectivity index (χ1v) is 7.71. The zero-order valence-electron chi connectivity index (χ0n) is 14.3. The van der Waals surface area contributed by atoms with Gasteiger partial charge < -0.3 is 24.8 Å². The number of allylic oxidation sites excluding steroid dienone is 1. The molecule has 0 aliphatic carbocycles. The normalized spacial score (nSPS) is 16.6. The zero-order chi connectivity index (χ0) is 18.4. The number of amides is 2. The Kier molecular flexibility index (Phi) is 5.99. The SMILES string of the molecule is CCOC(=O)COc1ccc([C@@H]2NC(=O)NC(C)=C2C(=O)OC)cc1. The van der Waals surface area contributed by atoms with Crippen molar-refractivity contribution in [1.82, 2.24) is 10.6 Å². The van der Waals surface area contributed by atoms with Crippen molar-refractivity contribution in [2.75, 3.05) is 20.3 Å². The van der Waals surface area contributed by atoms with Crippen LogP contribution in [0.5, 0.6) is 5.75 Å². The smallest absolute Gasteiger partial charge is 0.344 e. The van der Waals surface area contributed by atoms with Gasteiger partial charge in [-0.25, -0.2) is 14.4 Å². The number of carbonyl (C=O) groups is 3. The lowest BCUT2D eigenvalue weighted by molar-refractivity contribution is -0.145. The van der Waals surface area contributed by atoms with Crippen molar-refractivity contribution in [3.63, 3.8) is 0 Å². The lowest BCUT2D eigenvalue weighted by Crippen LogP contribution is -2.45. The van der Waals surface area contributed by atoms with E-state index in [4.69, 9.17) is 14.2 Å². The van der Waals surface area contributed by atoms with Gasteiger partial charge in [0, 0.05) is 5.70 Å². The molecular weight excluding hydrogens is 328 g/mol. The summed E-state index contributed by atoms with van der Waals surface area (Å²) in [6, 6.07) is 5.65. The number of hydrogen-bond donors (Lipinski definition) is 2. The van der Waals surface area contributed by atoms with Gasteiger partial charge >= 0.3 is 18.0 Å². The van der Waals surface area contributed by atoms with Crippen molar-refractivity contribution in [3.8, 4) is 5.75 Å². The topological polar surface area (TPSA) is 103 Å². The molecule has 0 saturated carbocycles. The largest absolute Gasteiger partial charge is 0.482 e. The Balaban J connectivity index is 2.16. The van der Waals surface area contributed by atoms with Gasteiger partial charge in [-0.3, -0.25) is 0 Å². The summed E-state index contributed by atoms with van der Waals surface area (Å²) in [6.45, 7) is 3.45. The Hall–Kier alpha value is -3.03. The van der Waals surface area contributed by atoms with Crippen LogP contribution in [0.3, 0.4) is 0 Å². The summed E-state index contributed by atoms with van der Waals surface area (Å²) in [5.41, 5.74) is 1.43. The van der Waals surface area contributed by atoms with Gasteiger partial charge in [0.05, 0.1) is 25.3 Å². The van der Waals surface area contributed by atoms with E-state index in [1.165, 1.54) is 7.11 Å². The minimum absolute atomic E-state index is 0.191. The maximum absolute atomic E-state index is 12.0. The van der Waals surface area contributed by atoms with E-state index in [0.717, 1.165) is 0 Å². The van der Waals surface area contributed by atoms with Gasteiger partial charge in [0.1, 0.15) is 5.75 Å². The van der Waals surface area contributed by atoms with E-state index < -0.39 is 24.0 Å². The number of urea groups is 1. The van der Waals surface area contributed by atoms with Crippen LogP contribution in [0, 0.1) is 0 Å². The molecule has 2 amide bonds. The Morgan fingerprint density at radius 2 is 1.88 bits per heavy atom. The van der Waals surface area contributed by atoms with Crippen LogP contribution < -0.4 is 15.4 Å². The second kappa shape index (κ2) is 8.18. The van der Waals surface area contributed by atoms with E-state index in [1.807, 2.05) is 0 Å². The molecule has 0 fully saturated rings. The number of benzene rings is 1. The molecule has 0 bridgehead atoms. The van der Waals surface area contributed by atoms with E-state index >= 15 is 0 Å². The molecule has 2 N–H and O–H groups in total. The molecule has 8 heteroatoms. The van der Waals surface area contributed by atoms with Gasteiger partial charge in [-0.2, -0.15) is 0 Å². The molecule has 8 nitrogen and oxygen atoms in total. The van der Waals surface area contributed by atoms with Crippen molar-refractivity contribution in [1.29, 1.82) is 0 Å². The van der Waals surface area contributed by atoms with Crippen LogP contribution in [-0.2, 0) is 19.1 Å². The molecule has 1 heterocycles. The van der Waals surface area contributed by atoms with Crippen LogP contribution in [0.1, 0.15) is 25.5 Å². The highest BCUT2D eigenvalue weighted by Gasteiger charge is 2.31. The molecule has 1 aliphatic heterocycles. The Labute approximate surface area is 145 Å². The lowest BCUT2D eigenvalue weighted by atomic mass is 9.95. The fourth-order valence-electron chi connectivity index (χ4n) is 2.43. The Morgan fingerprint density at radius 3 is 2.48 bits per heavy atom. The molecule has 0 spiro atoms. The van der Waals surface area contributed by atoms with E-state index in [0.29, 0.717) is 29.2 Å². The number of esters is 2. The zero-order valence-corrected chi connectivity index (χ0v) is 14.3. The first kappa shape index (κ1) is 18.3. The van der Waals surface area contributed by atoms with Crippen molar-refractivity contribution < 1.29 is 28.6 Å². The van der Waals surface area contributed by atoms with E-state index in [-0.39, 0.29) is 6.61 Å². The predicted molar refractivity (Wildman–Crippen MR) is 87.7 cm³/mol. The summed E-state index contributed by atoms with van der Waals surface area (Å²) in [6.07, 6.45) is 0. The summed E-state index contributed by atoms with van der Waals surface area (Å²) in [4.78, 5) is 35.1. The van der Waals surface area contributed by atoms with E-state index in [9.17, 15) is 14.4 Å². The number of nitrogens with one attached hydrogen (secondary N) is 2. The van der Waals surface area contributed by atoms with Crippen LogP contribution in [0.15, 0.2) is 35.5 Å². The van der Waals surface area contributed by atoms with Gasteiger partial charge in [-0.15, -0.1) is 0 Å². The first-order valence-electron chi connectivity index (χ1n) is 7.71. The Bertz CT molecular complexity index is 696. The highest BCUT2D eigenvalue weighted by Crippen LogP contribution is 2.28. The average Bonchev–Trinajstić information content (AvgIpc) is 2.59. The third kappa shape index (κ3) is 4.50. The number of methoxy groups -OCH3 is 1. The summed E-state index contributed by atoms with van der Waals surface area (Å²) < 4.78 is 14.9. The quantitative estimate of drug-likeness (QED) is 0.754. The molecule has 0 radical (unpaired) electrons. The third-order valence-corrected chi connectivity index (χ3v) is 3.55. The van der Waals surface area contributed by atoms with E-state index in [2.05, 4.69) is 10.6 Å². The van der Waals surface area contributed by atoms with Crippen LogP contribution >= 0.6 is 0 Å². The molecule has 0 unspecified atom stereocenters. The van der Waals surface area contributed by atoms with Crippen molar-refractivity contribution in [2.45, 2.75) is 19.9 Å². The number of ether oxygens (including phenoxy) is 3. The van der Waals surface area contributed by atoms with Crippen molar-refractivity contribution in [3.05, 3.63) is 41.1 Å². The molecule has 0 aromatic heterocycles. The van der Waals surface area contributed by atoms with Crippen LogP contribution in [-0.4, -0.2) is 38.3 Å². The summed E-state index contributed by atoms with van der Waals surface area (Å²) in [5, 5.41) is 5.24. The highest BCUT2D eigenvalue weighted by molar-refractivity contribution is 5.94. The summed E-state index contributed by atoms with van der Waals surface area (Å²) in [5.74, 6) is -0.515. The lowest BCUT2D eigenvalue weighted by Gasteiger charge is -2.27. The van der Waals surface area contributed by atoms with E-state index in [1.54, 1.807) is 38.1 Å². The number of carbonyl (C=O) groups excluding carboxylic acids is 3. The van der Waals surface area contributed by atoms with Gasteiger partial charge in [0.25, 0.3) is 0 Å². The molecule has 1 atom stereocenters. The second-order valence-corrected chi connectivity index (χ2v) is 5.22. The fraction of sp³-hybridized carbons (Fsp3) is 0.353. The Morgan fingerprint density at radius 1 is 1.20 bits per heavy atom. The molecule has 25 heavy (non-hydrogen) atoms. The van der Waals surface area contributed by atoms with Crippen molar-refractivity contribution >= 4 is 18.0 Å². The molecule has 134 valence electrons. The number of hydrogen-bond acceptors (Lipinski definition) is 6. The summed E-state index contributed by atoms with van der Waals surface area (Å²) >= 11 is 0. The third-order valence-electron chi connectivity index (χ3n) is 3.55. The van der Waals surface area contributed by atoms with Gasteiger partial charge in [0.2, 0.25) is 0 Å². The summed E-state index contributed by atoms with van der Waals surface area (Å²) in [7, 11) is 1.28. The molecule has 0 saturated heterocycles. The first-order chi connectivity index (χ1) is 12.0. The minimum Gasteiger partial charge on any atom is -0.482 e. The van der Waals surface area contributed by atoms with Crippen LogP contribution in [0.25, 0.3) is 0 Å². The fourth-order valence-corrected chi connectivity index (χ4v) is 2.43. The monoisotopic (exact) mass is 348 g/mol. The van der Waals surface area contributed by atoms with Gasteiger partial charge in [0.15, 0.2) is 6.61 Å². The second-order valence-electron chi connectivity index (χ2n) is 5.22. The van der Waals surface area contributed by atoms with Crippen LogP contribution in [0.4, 0.5) is 4.79 Å². The molecule has 1 aliphatic rings. The van der Waals surface area contributed by atoms with Gasteiger partial charge in [-0.1, -0.05) is 12.1 Å². The molecule has 2 rings (SSSR count). The predicted octanol–water partition coefficient (Wildman–Crippen LogP) is 1.43. The van der Waals surface area contributed by atoms with Crippen molar-refractivity contribution in [2.24, 2.45) is 0 Å². The maximum atomic E-state index is 12.0. The minimum atomic E-state index is -0.639. The molecule has 1 aromatic rings. The molecular formula is C17H20N2O6.